The number of amides is 1. The van der Waals surface area contributed by atoms with Crippen LogP contribution in [0.5, 0.6) is 0 Å². The largest absolute Gasteiger partial charge is 0.398 e. The van der Waals surface area contributed by atoms with Crippen LogP contribution in [0.1, 0.15) is 41.2 Å². The minimum Gasteiger partial charge on any atom is -0.398 e. The maximum atomic E-state index is 13.2. The molecule has 0 radical (unpaired) electrons. The van der Waals surface area contributed by atoms with Crippen molar-refractivity contribution in [1.29, 1.82) is 0 Å². The second-order valence-corrected chi connectivity index (χ2v) is 7.18. The Morgan fingerprint density at radius 2 is 2.09 bits per heavy atom. The number of carbonyl (C=O) groups is 1. The first-order valence-corrected chi connectivity index (χ1v) is 8.88. The number of nitrogens with two attached hydrogens (primary N) is 1. The van der Waals surface area contributed by atoms with Crippen LogP contribution in [0, 0.1) is 0 Å². The number of hydrogen-bond acceptors (Lipinski definition) is 3. The summed E-state index contributed by atoms with van der Waals surface area (Å²) in [7, 11) is 0. The molecule has 0 spiro atoms. The summed E-state index contributed by atoms with van der Waals surface area (Å²) in [6.45, 7) is 0.811. The lowest BCUT2D eigenvalue weighted by atomic mass is 9.86. The van der Waals surface area contributed by atoms with Crippen LogP contribution >= 0.6 is 23.7 Å². The molecular formula is C18H21ClN2OS. The predicted molar refractivity (Wildman–Crippen MR) is 98.8 cm³/mol. The van der Waals surface area contributed by atoms with Crippen LogP contribution in [-0.4, -0.2) is 12.5 Å². The Balaban J connectivity index is 0.00000156. The highest BCUT2D eigenvalue weighted by Gasteiger charge is 2.33. The second kappa shape index (κ2) is 6.54. The van der Waals surface area contributed by atoms with Crippen molar-refractivity contribution in [3.05, 3.63) is 45.6 Å². The molecule has 2 aliphatic rings. The highest BCUT2D eigenvalue weighted by atomic mass is 35.5. The molecule has 23 heavy (non-hydrogen) atoms. The van der Waals surface area contributed by atoms with Crippen molar-refractivity contribution >= 4 is 41.0 Å². The summed E-state index contributed by atoms with van der Waals surface area (Å²) < 4.78 is 0. The Morgan fingerprint density at radius 1 is 1.22 bits per heavy atom. The molecule has 2 aromatic rings. The van der Waals surface area contributed by atoms with Crippen molar-refractivity contribution in [3.8, 4) is 0 Å². The fraction of sp³-hybridized carbons (Fsp3) is 0.389. The highest BCUT2D eigenvalue weighted by Crippen LogP contribution is 2.39. The number of thiophene rings is 1. The average Bonchev–Trinajstić information content (AvgIpc) is 3.03. The second-order valence-electron chi connectivity index (χ2n) is 6.18. The Bertz CT molecular complexity index is 728. The minimum atomic E-state index is 0. The van der Waals surface area contributed by atoms with E-state index in [1.54, 1.807) is 11.3 Å². The van der Waals surface area contributed by atoms with Gasteiger partial charge in [0.2, 0.25) is 5.91 Å². The van der Waals surface area contributed by atoms with Gasteiger partial charge in [0.15, 0.2) is 0 Å². The van der Waals surface area contributed by atoms with E-state index in [0.717, 1.165) is 55.6 Å². The van der Waals surface area contributed by atoms with E-state index < -0.39 is 0 Å². The van der Waals surface area contributed by atoms with Crippen LogP contribution in [-0.2, 0) is 17.6 Å². The van der Waals surface area contributed by atoms with Gasteiger partial charge in [0.05, 0.1) is 5.92 Å². The molecule has 122 valence electrons. The van der Waals surface area contributed by atoms with E-state index in [9.17, 15) is 4.79 Å². The predicted octanol–water partition coefficient (Wildman–Crippen LogP) is 4.15. The van der Waals surface area contributed by atoms with E-state index >= 15 is 0 Å². The Labute approximate surface area is 146 Å². The normalized spacial score (nSPS) is 19.5. The fourth-order valence-electron chi connectivity index (χ4n) is 3.81. The molecule has 4 rings (SSSR count). The number of carbonyl (C=O) groups excluding carboxylic acids is 1. The summed E-state index contributed by atoms with van der Waals surface area (Å²) in [4.78, 5) is 16.6. The minimum absolute atomic E-state index is 0. The number of aryl methyl sites for hydroxylation is 1. The standard InChI is InChI=1S/C18H20N2OS.ClH/c19-15-6-2-7-16-14(15)5-3-10-20(16)18(21)13-4-1-8-17-12(13)9-11-22-17;/h2,6-7,9,11,13H,1,3-5,8,10,19H2;1H. The zero-order valence-electron chi connectivity index (χ0n) is 13.0. The lowest BCUT2D eigenvalue weighted by Crippen LogP contribution is -2.39. The fourth-order valence-corrected chi connectivity index (χ4v) is 4.80. The summed E-state index contributed by atoms with van der Waals surface area (Å²) in [5, 5.41) is 2.12. The zero-order chi connectivity index (χ0) is 15.1. The SMILES string of the molecule is Cl.Nc1cccc2c1CCCN2C(=O)C1CCCc2sccc21. The third-order valence-electron chi connectivity index (χ3n) is 4.90. The van der Waals surface area contributed by atoms with Crippen molar-refractivity contribution in [3.63, 3.8) is 0 Å². The lowest BCUT2D eigenvalue weighted by Gasteiger charge is -2.34. The molecule has 5 heteroatoms. The average molecular weight is 349 g/mol. The Kier molecular flexibility index (Phi) is 4.64. The number of fused-ring (bicyclic) bond motifs is 2. The van der Waals surface area contributed by atoms with Gasteiger partial charge in [0.1, 0.15) is 0 Å². The molecule has 1 amide bonds. The van der Waals surface area contributed by atoms with Crippen LogP contribution in [0.3, 0.4) is 0 Å². The van der Waals surface area contributed by atoms with Crippen LogP contribution in [0.4, 0.5) is 11.4 Å². The van der Waals surface area contributed by atoms with Crippen molar-refractivity contribution in [2.75, 3.05) is 17.2 Å². The van der Waals surface area contributed by atoms with Gasteiger partial charge in [-0.15, -0.1) is 23.7 Å². The van der Waals surface area contributed by atoms with E-state index in [-0.39, 0.29) is 24.2 Å². The number of nitrogen functional groups attached to an aromatic ring is 1. The van der Waals surface area contributed by atoms with Gasteiger partial charge in [-0.2, -0.15) is 0 Å². The van der Waals surface area contributed by atoms with Crippen LogP contribution < -0.4 is 10.6 Å². The first kappa shape index (κ1) is 16.3. The van der Waals surface area contributed by atoms with E-state index in [0.29, 0.717) is 0 Å². The Morgan fingerprint density at radius 3 is 2.96 bits per heavy atom. The number of anilines is 2. The van der Waals surface area contributed by atoms with E-state index in [4.69, 9.17) is 5.73 Å². The van der Waals surface area contributed by atoms with Gasteiger partial charge in [-0.25, -0.2) is 0 Å². The molecule has 3 nitrogen and oxygen atoms in total. The summed E-state index contributed by atoms with van der Waals surface area (Å²) in [6, 6.07) is 8.08. The van der Waals surface area contributed by atoms with Crippen LogP contribution in [0.2, 0.25) is 0 Å². The molecule has 2 heterocycles. The molecule has 2 N–H and O–H groups in total. The maximum absolute atomic E-state index is 13.2. The summed E-state index contributed by atoms with van der Waals surface area (Å²) in [5.74, 6) is 0.285. The van der Waals surface area contributed by atoms with Crippen molar-refractivity contribution < 1.29 is 4.79 Å². The third kappa shape index (κ3) is 2.74. The molecule has 0 bridgehead atoms. The van der Waals surface area contributed by atoms with Gasteiger partial charge in [-0.05, 0) is 66.8 Å². The molecule has 1 aliphatic heterocycles. The van der Waals surface area contributed by atoms with Gasteiger partial charge in [-0.3, -0.25) is 4.79 Å². The van der Waals surface area contributed by atoms with Crippen LogP contribution in [0.25, 0.3) is 0 Å². The molecule has 1 aromatic carbocycles. The van der Waals surface area contributed by atoms with Gasteiger partial charge < -0.3 is 10.6 Å². The number of nitrogens with zero attached hydrogens (tertiary/aromatic N) is 1. The molecule has 0 fully saturated rings. The summed E-state index contributed by atoms with van der Waals surface area (Å²) >= 11 is 1.79. The highest BCUT2D eigenvalue weighted by molar-refractivity contribution is 7.10. The van der Waals surface area contributed by atoms with E-state index in [1.807, 2.05) is 23.1 Å². The van der Waals surface area contributed by atoms with Gasteiger partial charge >= 0.3 is 0 Å². The Hall–Kier alpha value is -1.52. The summed E-state index contributed by atoms with van der Waals surface area (Å²) in [6.07, 6.45) is 5.18. The molecule has 1 aliphatic carbocycles. The van der Waals surface area contributed by atoms with Crippen molar-refractivity contribution in [2.45, 2.75) is 38.0 Å². The topological polar surface area (TPSA) is 46.3 Å². The van der Waals surface area contributed by atoms with Crippen molar-refractivity contribution in [2.24, 2.45) is 0 Å². The molecule has 0 saturated carbocycles. The quantitative estimate of drug-likeness (QED) is 0.787. The van der Waals surface area contributed by atoms with Crippen LogP contribution in [0.15, 0.2) is 29.6 Å². The molecule has 1 atom stereocenters. The van der Waals surface area contributed by atoms with E-state index in [1.165, 1.54) is 10.4 Å². The monoisotopic (exact) mass is 348 g/mol. The van der Waals surface area contributed by atoms with Gasteiger partial charge in [0.25, 0.3) is 0 Å². The van der Waals surface area contributed by atoms with E-state index in [2.05, 4.69) is 11.4 Å². The number of rotatable bonds is 1. The first-order valence-electron chi connectivity index (χ1n) is 8.00. The van der Waals surface area contributed by atoms with Gasteiger partial charge in [-0.1, -0.05) is 6.07 Å². The first-order chi connectivity index (χ1) is 10.8. The number of halogens is 1. The molecule has 1 aromatic heterocycles. The molecule has 1 unspecified atom stereocenters. The zero-order valence-corrected chi connectivity index (χ0v) is 14.6. The maximum Gasteiger partial charge on any atom is 0.234 e. The number of benzene rings is 1. The summed E-state index contributed by atoms with van der Waals surface area (Å²) in [5.41, 5.74) is 10.4. The molecular weight excluding hydrogens is 328 g/mol. The van der Waals surface area contributed by atoms with Crippen molar-refractivity contribution in [1.82, 2.24) is 0 Å². The smallest absolute Gasteiger partial charge is 0.234 e. The third-order valence-corrected chi connectivity index (χ3v) is 5.90. The number of hydrogen-bond donors (Lipinski definition) is 1. The lowest BCUT2D eigenvalue weighted by molar-refractivity contribution is -0.120. The van der Waals surface area contributed by atoms with Gasteiger partial charge in [0, 0.05) is 22.8 Å². The molecule has 0 saturated heterocycles.